The van der Waals surface area contributed by atoms with Gasteiger partial charge in [-0.15, -0.1) is 0 Å². The Morgan fingerprint density at radius 3 is 2.35 bits per heavy atom. The minimum Gasteiger partial charge on any atom is -0.457 e. The molecule has 0 spiro atoms. The highest BCUT2D eigenvalue weighted by Gasteiger charge is 2.16. The lowest BCUT2D eigenvalue weighted by molar-refractivity contribution is 0.288. The molecule has 1 N–H and O–H groups in total. The van der Waals surface area contributed by atoms with Crippen LogP contribution in [0.2, 0.25) is 0 Å². The molecule has 0 fully saturated rings. The number of rotatable bonds is 7. The molecule has 5 nitrogen and oxygen atoms in total. The summed E-state index contributed by atoms with van der Waals surface area (Å²) >= 11 is 0. The van der Waals surface area contributed by atoms with Crippen molar-refractivity contribution in [2.24, 2.45) is 7.05 Å². The van der Waals surface area contributed by atoms with E-state index in [-0.39, 0.29) is 12.2 Å². The summed E-state index contributed by atoms with van der Waals surface area (Å²) in [6, 6.07) is 26.9. The molecule has 31 heavy (non-hydrogen) atoms. The third-order valence-electron chi connectivity index (χ3n) is 5.09. The van der Waals surface area contributed by atoms with Gasteiger partial charge >= 0.3 is 0 Å². The van der Waals surface area contributed by atoms with Crippen LogP contribution in [0, 0.1) is 0 Å². The monoisotopic (exact) mass is 412 g/mol. The first kappa shape index (κ1) is 20.6. The number of nitrogens with zero attached hydrogens (tertiary/aromatic N) is 2. The van der Waals surface area contributed by atoms with Crippen LogP contribution in [0.1, 0.15) is 12.0 Å². The second-order valence-corrected chi connectivity index (χ2v) is 7.30. The van der Waals surface area contributed by atoms with Gasteiger partial charge in [-0.3, -0.25) is 4.79 Å². The van der Waals surface area contributed by atoms with Crippen LogP contribution in [-0.4, -0.2) is 21.5 Å². The van der Waals surface area contributed by atoms with Gasteiger partial charge in [0.25, 0.3) is 5.56 Å². The smallest absolute Gasteiger partial charge is 0.267 e. The van der Waals surface area contributed by atoms with E-state index in [1.54, 1.807) is 13.1 Å². The van der Waals surface area contributed by atoms with E-state index in [2.05, 4.69) is 5.10 Å². The van der Waals surface area contributed by atoms with Crippen molar-refractivity contribution in [3.8, 4) is 33.9 Å². The fourth-order valence-electron chi connectivity index (χ4n) is 3.46. The number of ether oxygens (including phenoxy) is 1. The number of benzene rings is 3. The Kier molecular flexibility index (Phi) is 6.24. The van der Waals surface area contributed by atoms with Crippen LogP contribution in [0.5, 0.6) is 11.5 Å². The van der Waals surface area contributed by atoms with Crippen molar-refractivity contribution < 1.29 is 9.84 Å². The molecule has 0 aliphatic carbocycles. The van der Waals surface area contributed by atoms with Crippen molar-refractivity contribution in [2.45, 2.75) is 12.8 Å². The predicted molar refractivity (Wildman–Crippen MR) is 122 cm³/mol. The normalized spacial score (nSPS) is 10.8. The van der Waals surface area contributed by atoms with Crippen LogP contribution in [0.25, 0.3) is 22.4 Å². The first-order chi connectivity index (χ1) is 15.2. The Balaban J connectivity index is 1.80. The molecular formula is C26H24N2O3. The summed E-state index contributed by atoms with van der Waals surface area (Å²) in [6.45, 7) is 0.169. The number of aromatic nitrogens is 2. The predicted octanol–water partition coefficient (Wildman–Crippen LogP) is 4.83. The van der Waals surface area contributed by atoms with Crippen LogP contribution in [0.3, 0.4) is 0 Å². The largest absolute Gasteiger partial charge is 0.457 e. The fraction of sp³-hybridized carbons (Fsp3) is 0.154. The van der Waals surface area contributed by atoms with Gasteiger partial charge in [0.1, 0.15) is 17.2 Å². The summed E-state index contributed by atoms with van der Waals surface area (Å²) in [4.78, 5) is 12.4. The van der Waals surface area contributed by atoms with Crippen LogP contribution in [0.4, 0.5) is 0 Å². The van der Waals surface area contributed by atoms with Crippen molar-refractivity contribution in [2.75, 3.05) is 6.61 Å². The minimum absolute atomic E-state index is 0.169. The molecule has 0 unspecified atom stereocenters. The van der Waals surface area contributed by atoms with Crippen LogP contribution < -0.4 is 10.3 Å². The van der Waals surface area contributed by atoms with Crippen LogP contribution in [-0.2, 0) is 13.5 Å². The zero-order chi connectivity index (χ0) is 21.6. The van der Waals surface area contributed by atoms with Gasteiger partial charge in [0, 0.05) is 30.8 Å². The zero-order valence-electron chi connectivity index (χ0n) is 17.4. The third-order valence-corrected chi connectivity index (χ3v) is 5.09. The molecule has 0 amide bonds. The molecule has 0 atom stereocenters. The van der Waals surface area contributed by atoms with Gasteiger partial charge in [0.05, 0.1) is 0 Å². The van der Waals surface area contributed by atoms with E-state index in [4.69, 9.17) is 9.84 Å². The number of hydrogen-bond donors (Lipinski definition) is 1. The molecule has 1 heterocycles. The topological polar surface area (TPSA) is 64.3 Å². The fourth-order valence-corrected chi connectivity index (χ4v) is 3.46. The van der Waals surface area contributed by atoms with Gasteiger partial charge in [-0.1, -0.05) is 54.6 Å². The summed E-state index contributed by atoms with van der Waals surface area (Å²) in [5.74, 6) is 1.40. The van der Waals surface area contributed by atoms with Crippen LogP contribution >= 0.6 is 0 Å². The lowest BCUT2D eigenvalue weighted by Gasteiger charge is -2.15. The number of hydrogen-bond acceptors (Lipinski definition) is 4. The van der Waals surface area contributed by atoms with Crippen molar-refractivity contribution in [3.05, 3.63) is 101 Å². The molecule has 1 aromatic heterocycles. The average Bonchev–Trinajstić information content (AvgIpc) is 2.81. The van der Waals surface area contributed by atoms with Crippen molar-refractivity contribution in [1.29, 1.82) is 0 Å². The quantitative estimate of drug-likeness (QED) is 0.472. The van der Waals surface area contributed by atoms with Crippen LogP contribution in [0.15, 0.2) is 89.7 Å². The molecule has 0 aliphatic heterocycles. The molecule has 156 valence electrons. The molecule has 3 aromatic carbocycles. The maximum absolute atomic E-state index is 12.4. The van der Waals surface area contributed by atoms with Crippen molar-refractivity contribution >= 4 is 0 Å². The minimum atomic E-state index is -0.176. The Bertz CT molecular complexity index is 1220. The number of aliphatic hydroxyl groups is 1. The summed E-state index contributed by atoms with van der Waals surface area (Å²) in [7, 11) is 1.65. The van der Waals surface area contributed by atoms with Crippen molar-refractivity contribution in [1.82, 2.24) is 9.78 Å². The first-order valence-corrected chi connectivity index (χ1v) is 10.3. The Morgan fingerprint density at radius 2 is 1.61 bits per heavy atom. The van der Waals surface area contributed by atoms with E-state index in [9.17, 15) is 4.79 Å². The molecule has 0 aliphatic rings. The highest BCUT2D eigenvalue weighted by molar-refractivity contribution is 5.83. The SMILES string of the molecule is Cn1nc(-c2ccccc2Oc2ccccc2)c(-c2ccc(CCCO)cc2)cc1=O. The van der Waals surface area contributed by atoms with Crippen molar-refractivity contribution in [3.63, 3.8) is 0 Å². The van der Waals surface area contributed by atoms with Gasteiger partial charge in [-0.05, 0) is 48.2 Å². The molecule has 0 saturated carbocycles. The summed E-state index contributed by atoms with van der Waals surface area (Å²) in [5.41, 5.74) is 4.11. The van der Waals surface area contributed by atoms with Gasteiger partial charge in [-0.25, -0.2) is 4.68 Å². The lowest BCUT2D eigenvalue weighted by Crippen LogP contribution is -2.19. The van der Waals surface area contributed by atoms with E-state index >= 15 is 0 Å². The van der Waals surface area contributed by atoms with E-state index in [0.717, 1.165) is 40.8 Å². The highest BCUT2D eigenvalue weighted by Crippen LogP contribution is 2.37. The molecule has 4 rings (SSSR count). The molecule has 4 aromatic rings. The van der Waals surface area contributed by atoms with Gasteiger partial charge in [0.15, 0.2) is 0 Å². The van der Waals surface area contributed by atoms with Gasteiger partial charge < -0.3 is 9.84 Å². The summed E-state index contributed by atoms with van der Waals surface area (Å²) in [6.07, 6.45) is 1.54. The summed E-state index contributed by atoms with van der Waals surface area (Å²) in [5, 5.41) is 13.6. The zero-order valence-corrected chi connectivity index (χ0v) is 17.4. The molecule has 5 heteroatoms. The second-order valence-electron chi connectivity index (χ2n) is 7.30. The standard InChI is InChI=1S/C26H24N2O3/c1-28-25(30)18-23(20-15-13-19(14-16-20)8-7-17-29)26(27-28)22-11-5-6-12-24(22)31-21-9-3-2-4-10-21/h2-6,9-16,18,29H,7-8,17H2,1H3. The Hall–Kier alpha value is -3.70. The van der Waals surface area contributed by atoms with Gasteiger partial charge in [-0.2, -0.15) is 5.10 Å². The molecular weight excluding hydrogens is 388 g/mol. The average molecular weight is 412 g/mol. The number of aliphatic hydroxyl groups excluding tert-OH is 1. The maximum atomic E-state index is 12.4. The van der Waals surface area contributed by atoms with E-state index in [1.165, 1.54) is 4.68 Å². The number of para-hydroxylation sites is 2. The Morgan fingerprint density at radius 1 is 0.903 bits per heavy atom. The number of aryl methyl sites for hydroxylation is 2. The molecule has 0 bridgehead atoms. The van der Waals surface area contributed by atoms with E-state index in [0.29, 0.717) is 11.4 Å². The lowest BCUT2D eigenvalue weighted by atomic mass is 9.98. The first-order valence-electron chi connectivity index (χ1n) is 10.3. The Labute approximate surface area is 181 Å². The highest BCUT2D eigenvalue weighted by atomic mass is 16.5. The second kappa shape index (κ2) is 9.41. The molecule has 0 saturated heterocycles. The third kappa shape index (κ3) is 4.73. The maximum Gasteiger partial charge on any atom is 0.267 e. The molecule has 0 radical (unpaired) electrons. The summed E-state index contributed by atoms with van der Waals surface area (Å²) < 4.78 is 7.48. The van der Waals surface area contributed by atoms with E-state index < -0.39 is 0 Å². The van der Waals surface area contributed by atoms with Gasteiger partial charge in [0.2, 0.25) is 0 Å². The van der Waals surface area contributed by atoms with E-state index in [1.807, 2.05) is 78.9 Å².